The fourth-order valence-electron chi connectivity index (χ4n) is 4.99. The number of aromatic nitrogens is 2. The Balaban J connectivity index is 1.40. The van der Waals surface area contributed by atoms with Gasteiger partial charge < -0.3 is 9.30 Å². The lowest BCUT2D eigenvalue weighted by atomic mass is 9.97. The molecule has 0 atom stereocenters. The first-order valence-corrected chi connectivity index (χ1v) is 13.2. The highest BCUT2D eigenvalue weighted by molar-refractivity contribution is 5.95. The molecule has 0 saturated heterocycles. The number of nitrogens with zero attached hydrogens (tertiary/aromatic N) is 2. The van der Waals surface area contributed by atoms with Gasteiger partial charge >= 0.3 is 5.97 Å². The molecule has 190 valence electrons. The molecule has 6 aromatic rings. The first-order valence-electron chi connectivity index (χ1n) is 13.2. The van der Waals surface area contributed by atoms with E-state index in [9.17, 15) is 4.79 Å². The summed E-state index contributed by atoms with van der Waals surface area (Å²) in [5, 5.41) is 2.25. The number of rotatable bonds is 7. The van der Waals surface area contributed by atoms with Crippen molar-refractivity contribution in [2.24, 2.45) is 0 Å². The highest BCUT2D eigenvalue weighted by Crippen LogP contribution is 2.30. The predicted molar refractivity (Wildman–Crippen MR) is 159 cm³/mol. The molecule has 0 amide bonds. The van der Waals surface area contributed by atoms with Gasteiger partial charge in [0.25, 0.3) is 0 Å². The van der Waals surface area contributed by atoms with E-state index in [0.29, 0.717) is 18.7 Å². The molecular weight excluding hydrogens is 480 g/mol. The fourth-order valence-corrected chi connectivity index (χ4v) is 4.99. The van der Waals surface area contributed by atoms with Gasteiger partial charge in [0, 0.05) is 34.6 Å². The Morgan fingerprint density at radius 1 is 0.821 bits per heavy atom. The average Bonchev–Trinajstić information content (AvgIpc) is 3.38. The maximum atomic E-state index is 12.5. The van der Waals surface area contributed by atoms with Gasteiger partial charge in [0.05, 0.1) is 23.4 Å². The Morgan fingerprint density at radius 2 is 1.62 bits per heavy atom. The van der Waals surface area contributed by atoms with Crippen molar-refractivity contribution in [1.82, 2.24) is 9.55 Å². The fraction of sp³-hybridized carbons (Fsp3) is 0.0857. The third kappa shape index (κ3) is 5.10. The lowest BCUT2D eigenvalue weighted by molar-refractivity contribution is 0.0525. The van der Waals surface area contributed by atoms with E-state index in [1.54, 1.807) is 0 Å². The maximum absolute atomic E-state index is 12.5. The highest BCUT2D eigenvalue weighted by Gasteiger charge is 2.14. The summed E-state index contributed by atoms with van der Waals surface area (Å²) >= 11 is 0. The van der Waals surface area contributed by atoms with Crippen molar-refractivity contribution in [3.63, 3.8) is 0 Å². The summed E-state index contributed by atoms with van der Waals surface area (Å²) in [5.74, 6) is -0.287. The van der Waals surface area contributed by atoms with E-state index in [2.05, 4.69) is 89.6 Å². The number of pyridine rings is 1. The number of para-hydroxylation sites is 1. The van der Waals surface area contributed by atoms with Gasteiger partial charge in [0.15, 0.2) is 0 Å². The molecule has 0 N–H and O–H groups in total. The first-order chi connectivity index (χ1) is 19.2. The van der Waals surface area contributed by atoms with Gasteiger partial charge in [-0.15, -0.1) is 0 Å². The van der Waals surface area contributed by atoms with E-state index in [4.69, 9.17) is 9.72 Å². The number of hydrogen-bond acceptors (Lipinski definition) is 3. The van der Waals surface area contributed by atoms with E-state index in [1.165, 1.54) is 0 Å². The Bertz CT molecular complexity index is 1820. The molecule has 6 rings (SSSR count). The lowest BCUT2D eigenvalue weighted by Crippen LogP contribution is -2.10. The van der Waals surface area contributed by atoms with Crippen LogP contribution in [-0.4, -0.2) is 22.1 Å². The van der Waals surface area contributed by atoms with E-state index >= 15 is 0 Å². The van der Waals surface area contributed by atoms with Crippen molar-refractivity contribution in [2.45, 2.75) is 13.5 Å². The minimum Gasteiger partial charge on any atom is -0.462 e. The molecule has 0 radical (unpaired) electrons. The molecule has 0 fully saturated rings. The molecule has 0 unspecified atom stereocenters. The van der Waals surface area contributed by atoms with Gasteiger partial charge in [-0.1, -0.05) is 78.9 Å². The molecule has 39 heavy (non-hydrogen) atoms. The molecule has 0 aliphatic carbocycles. The Hall–Kier alpha value is -4.96. The monoisotopic (exact) mass is 508 g/mol. The molecule has 2 aromatic heterocycles. The maximum Gasteiger partial charge on any atom is 0.338 e. The molecule has 0 saturated carbocycles. The Labute approximate surface area is 227 Å². The van der Waals surface area contributed by atoms with Gasteiger partial charge in [0.1, 0.15) is 0 Å². The van der Waals surface area contributed by atoms with Gasteiger partial charge in [0.2, 0.25) is 0 Å². The van der Waals surface area contributed by atoms with Gasteiger partial charge in [-0.05, 0) is 66.1 Å². The number of ether oxygens (including phenoxy) is 1. The van der Waals surface area contributed by atoms with Gasteiger partial charge in [-0.3, -0.25) is 0 Å². The van der Waals surface area contributed by atoms with Crippen molar-refractivity contribution in [2.75, 3.05) is 6.61 Å². The first kappa shape index (κ1) is 24.4. The quantitative estimate of drug-likeness (QED) is 0.162. The van der Waals surface area contributed by atoms with Crippen molar-refractivity contribution >= 4 is 39.4 Å². The Morgan fingerprint density at radius 3 is 2.49 bits per heavy atom. The summed E-state index contributed by atoms with van der Waals surface area (Å²) in [7, 11) is 0. The topological polar surface area (TPSA) is 44.1 Å². The van der Waals surface area contributed by atoms with E-state index in [-0.39, 0.29) is 5.97 Å². The molecule has 4 aromatic carbocycles. The van der Waals surface area contributed by atoms with Crippen molar-refractivity contribution in [3.8, 4) is 0 Å². The lowest BCUT2D eigenvalue weighted by Gasteiger charge is -2.12. The second kappa shape index (κ2) is 10.8. The van der Waals surface area contributed by atoms with Crippen LogP contribution in [0.2, 0.25) is 0 Å². The number of esters is 1. The van der Waals surface area contributed by atoms with Crippen molar-refractivity contribution in [3.05, 3.63) is 149 Å². The third-order valence-electron chi connectivity index (χ3n) is 6.92. The van der Waals surface area contributed by atoms with Crippen LogP contribution < -0.4 is 0 Å². The average molecular weight is 509 g/mol. The van der Waals surface area contributed by atoms with Crippen molar-refractivity contribution in [1.29, 1.82) is 0 Å². The summed E-state index contributed by atoms with van der Waals surface area (Å²) in [6.45, 7) is 2.76. The number of carbonyl (C=O) groups excluding carboxylic acids is 1. The van der Waals surface area contributed by atoms with Crippen LogP contribution in [0.3, 0.4) is 0 Å². The van der Waals surface area contributed by atoms with E-state index < -0.39 is 0 Å². The molecule has 2 heterocycles. The SMILES string of the molecule is CCOC(=O)c1ccccc1Cn1ccc2cc(C(=Cc3ccccc3)c3ccc4ccccc4n3)ccc21. The number of benzene rings is 4. The zero-order chi connectivity index (χ0) is 26.6. The smallest absolute Gasteiger partial charge is 0.338 e. The molecule has 0 bridgehead atoms. The minimum absolute atomic E-state index is 0.287. The minimum atomic E-state index is -0.287. The second-order valence-electron chi connectivity index (χ2n) is 9.45. The zero-order valence-electron chi connectivity index (χ0n) is 21.7. The molecule has 0 aliphatic rings. The summed E-state index contributed by atoms with van der Waals surface area (Å²) in [4.78, 5) is 17.5. The molecule has 0 aliphatic heterocycles. The van der Waals surface area contributed by atoms with Gasteiger partial charge in [-0.2, -0.15) is 0 Å². The van der Waals surface area contributed by atoms with Crippen LogP contribution in [0.1, 0.15) is 39.7 Å². The van der Waals surface area contributed by atoms with Crippen LogP contribution in [-0.2, 0) is 11.3 Å². The molecular formula is C35H28N2O2. The van der Waals surface area contributed by atoms with Gasteiger partial charge in [-0.25, -0.2) is 9.78 Å². The second-order valence-corrected chi connectivity index (χ2v) is 9.45. The normalized spacial score (nSPS) is 11.7. The number of fused-ring (bicyclic) bond motifs is 2. The summed E-state index contributed by atoms with van der Waals surface area (Å²) in [5.41, 5.74) is 7.82. The van der Waals surface area contributed by atoms with E-state index in [1.807, 2.05) is 49.4 Å². The molecule has 4 heteroatoms. The summed E-state index contributed by atoms with van der Waals surface area (Å²) in [6.07, 6.45) is 4.27. The number of carbonyl (C=O) groups is 1. The highest BCUT2D eigenvalue weighted by atomic mass is 16.5. The number of hydrogen-bond donors (Lipinski definition) is 0. The Kier molecular flexibility index (Phi) is 6.75. The van der Waals surface area contributed by atoms with Crippen LogP contribution in [0.25, 0.3) is 33.5 Å². The van der Waals surface area contributed by atoms with Crippen LogP contribution in [0.5, 0.6) is 0 Å². The molecule has 4 nitrogen and oxygen atoms in total. The van der Waals surface area contributed by atoms with Crippen molar-refractivity contribution < 1.29 is 9.53 Å². The third-order valence-corrected chi connectivity index (χ3v) is 6.92. The van der Waals surface area contributed by atoms with Crippen LogP contribution >= 0.6 is 0 Å². The van der Waals surface area contributed by atoms with Crippen LogP contribution in [0.15, 0.2) is 121 Å². The summed E-state index contributed by atoms with van der Waals surface area (Å²) in [6, 6.07) is 39.1. The largest absolute Gasteiger partial charge is 0.462 e. The predicted octanol–water partition coefficient (Wildman–Crippen LogP) is 8.00. The zero-order valence-corrected chi connectivity index (χ0v) is 21.7. The summed E-state index contributed by atoms with van der Waals surface area (Å²) < 4.78 is 7.45. The van der Waals surface area contributed by atoms with Crippen LogP contribution in [0, 0.1) is 0 Å². The van der Waals surface area contributed by atoms with E-state index in [0.717, 1.165) is 49.8 Å². The van der Waals surface area contributed by atoms with Crippen LogP contribution in [0.4, 0.5) is 0 Å². The molecule has 0 spiro atoms. The standard InChI is InChI=1S/C35H28N2O2/c1-2-39-35(38)30-14-8-6-13-29(30)24-37-21-20-28-23-27(17-19-34(28)37)31(22-25-10-4-3-5-11-25)33-18-16-26-12-7-9-15-32(26)36-33/h3-23H,2,24H2,1H3.